The maximum Gasteiger partial charge on any atom is 0.248 e. The number of likely N-dealkylation sites (tertiary alicyclic amines) is 1. The van der Waals surface area contributed by atoms with Crippen LogP contribution in [0.4, 0.5) is 0 Å². The molecule has 2 aliphatic rings. The molecule has 2 heterocycles. The van der Waals surface area contributed by atoms with Crippen LogP contribution in [0.1, 0.15) is 12.8 Å². The molecule has 112 valence electrons. The van der Waals surface area contributed by atoms with Gasteiger partial charge in [0.05, 0.1) is 6.61 Å². The number of amides is 3. The lowest BCUT2D eigenvalue weighted by molar-refractivity contribution is -0.153. The lowest BCUT2D eigenvalue weighted by Crippen LogP contribution is -2.56. The zero-order chi connectivity index (χ0) is 14.7. The Bertz CT molecular complexity index is 388. The number of rotatable bonds is 4. The van der Waals surface area contributed by atoms with Gasteiger partial charge < -0.3 is 14.5 Å². The summed E-state index contributed by atoms with van der Waals surface area (Å²) < 4.78 is 5.04. The zero-order valence-electron chi connectivity index (χ0n) is 12.0. The molecule has 2 saturated heterocycles. The zero-order valence-corrected chi connectivity index (χ0v) is 12.0. The topological polar surface area (TPSA) is 70.2 Å². The van der Waals surface area contributed by atoms with Gasteiger partial charge in [-0.3, -0.25) is 19.3 Å². The first-order valence-electron chi connectivity index (χ1n) is 6.85. The van der Waals surface area contributed by atoms with Crippen LogP contribution in [0.2, 0.25) is 0 Å². The van der Waals surface area contributed by atoms with Crippen LogP contribution in [-0.2, 0) is 19.1 Å². The largest absolute Gasteiger partial charge is 0.382 e. The fourth-order valence-electron chi connectivity index (χ4n) is 2.59. The van der Waals surface area contributed by atoms with E-state index in [0.717, 1.165) is 18.0 Å². The Labute approximate surface area is 118 Å². The van der Waals surface area contributed by atoms with Crippen molar-refractivity contribution in [1.29, 1.82) is 0 Å². The van der Waals surface area contributed by atoms with Gasteiger partial charge in [-0.25, -0.2) is 0 Å². The minimum Gasteiger partial charge on any atom is -0.382 e. The molecule has 0 radical (unpaired) electrons. The van der Waals surface area contributed by atoms with Gasteiger partial charge >= 0.3 is 0 Å². The number of likely N-dealkylation sites (N-methyl/N-ethyl adjacent to an activating group) is 1. The van der Waals surface area contributed by atoms with E-state index in [9.17, 15) is 14.4 Å². The number of hydrogen-bond acceptors (Lipinski definition) is 5. The molecule has 1 unspecified atom stereocenters. The molecule has 0 aliphatic carbocycles. The van der Waals surface area contributed by atoms with E-state index in [1.807, 2.05) is 7.05 Å². The third kappa shape index (κ3) is 2.99. The molecular formula is C13H21N3O4. The number of piperazine rings is 1. The van der Waals surface area contributed by atoms with Gasteiger partial charge in [-0.2, -0.15) is 0 Å². The number of imide groups is 1. The summed E-state index contributed by atoms with van der Waals surface area (Å²) in [6, 6.07) is -0.814. The number of carbonyl (C=O) groups is 3. The second-order valence-electron chi connectivity index (χ2n) is 5.26. The van der Waals surface area contributed by atoms with Gasteiger partial charge in [0, 0.05) is 46.1 Å². The van der Waals surface area contributed by atoms with Gasteiger partial charge in [0.1, 0.15) is 6.04 Å². The van der Waals surface area contributed by atoms with E-state index in [1.54, 1.807) is 4.90 Å². The van der Waals surface area contributed by atoms with Crippen LogP contribution in [0.5, 0.6) is 0 Å². The molecule has 7 heteroatoms. The molecule has 2 aliphatic heterocycles. The third-order valence-electron chi connectivity index (χ3n) is 3.83. The summed E-state index contributed by atoms with van der Waals surface area (Å²) in [5, 5.41) is 0. The van der Waals surface area contributed by atoms with Crippen LogP contribution in [-0.4, -0.2) is 85.4 Å². The third-order valence-corrected chi connectivity index (χ3v) is 3.83. The summed E-state index contributed by atoms with van der Waals surface area (Å²) in [7, 11) is 3.47. The van der Waals surface area contributed by atoms with Crippen LogP contribution >= 0.6 is 0 Å². The van der Waals surface area contributed by atoms with Crippen molar-refractivity contribution in [2.75, 3.05) is 46.9 Å². The standard InChI is InChI=1S/C13H21N3O4/c1-14-5-7-15(8-6-14)13(19)10(9-20-2)16-11(17)3-4-12(16)18/h10H,3-9H2,1-2H3. The van der Waals surface area contributed by atoms with Gasteiger partial charge in [0.25, 0.3) is 0 Å². The Balaban J connectivity index is 2.09. The van der Waals surface area contributed by atoms with Gasteiger partial charge in [-0.1, -0.05) is 0 Å². The molecule has 0 saturated carbocycles. The molecule has 0 bridgehead atoms. The maximum absolute atomic E-state index is 12.6. The van der Waals surface area contributed by atoms with Gasteiger partial charge in [0.2, 0.25) is 17.7 Å². The van der Waals surface area contributed by atoms with Gasteiger partial charge in [-0.15, -0.1) is 0 Å². The molecule has 0 N–H and O–H groups in total. The predicted molar refractivity (Wildman–Crippen MR) is 70.8 cm³/mol. The Hall–Kier alpha value is -1.47. The van der Waals surface area contributed by atoms with Gasteiger partial charge in [0.15, 0.2) is 0 Å². The molecule has 0 spiro atoms. The van der Waals surface area contributed by atoms with Gasteiger partial charge in [-0.05, 0) is 7.05 Å². The van der Waals surface area contributed by atoms with Crippen LogP contribution < -0.4 is 0 Å². The second kappa shape index (κ2) is 6.32. The number of hydrogen-bond donors (Lipinski definition) is 0. The molecule has 2 rings (SSSR count). The van der Waals surface area contributed by atoms with Crippen LogP contribution in [0, 0.1) is 0 Å². The Morgan fingerprint density at radius 2 is 1.70 bits per heavy atom. The smallest absolute Gasteiger partial charge is 0.248 e. The summed E-state index contributed by atoms with van der Waals surface area (Å²) in [5.41, 5.74) is 0. The summed E-state index contributed by atoms with van der Waals surface area (Å²) in [5.74, 6) is -0.748. The van der Waals surface area contributed by atoms with Crippen molar-refractivity contribution < 1.29 is 19.1 Å². The first kappa shape index (κ1) is 14.9. The first-order chi connectivity index (χ1) is 9.54. The van der Waals surface area contributed by atoms with E-state index in [1.165, 1.54) is 7.11 Å². The van der Waals surface area contributed by atoms with Crippen LogP contribution in [0.25, 0.3) is 0 Å². The predicted octanol–water partition coefficient (Wildman–Crippen LogP) is -1.08. The van der Waals surface area contributed by atoms with Crippen molar-refractivity contribution in [2.45, 2.75) is 18.9 Å². The van der Waals surface area contributed by atoms with Crippen LogP contribution in [0.3, 0.4) is 0 Å². The Morgan fingerprint density at radius 1 is 1.15 bits per heavy atom. The van der Waals surface area contributed by atoms with Crippen molar-refractivity contribution in [1.82, 2.24) is 14.7 Å². The molecule has 7 nitrogen and oxygen atoms in total. The highest BCUT2D eigenvalue weighted by Crippen LogP contribution is 2.18. The molecular weight excluding hydrogens is 262 g/mol. The molecule has 0 aromatic carbocycles. The maximum atomic E-state index is 12.6. The Kier molecular flexibility index (Phi) is 4.72. The van der Waals surface area contributed by atoms with E-state index in [4.69, 9.17) is 4.74 Å². The van der Waals surface area contributed by atoms with E-state index >= 15 is 0 Å². The highest BCUT2D eigenvalue weighted by Gasteiger charge is 2.40. The monoisotopic (exact) mass is 283 g/mol. The molecule has 0 aromatic heterocycles. The fourth-order valence-corrected chi connectivity index (χ4v) is 2.59. The van der Waals surface area contributed by atoms with Crippen molar-refractivity contribution >= 4 is 17.7 Å². The molecule has 1 atom stereocenters. The SMILES string of the molecule is COCC(C(=O)N1CCN(C)CC1)N1C(=O)CCC1=O. The average molecular weight is 283 g/mol. The summed E-state index contributed by atoms with van der Waals surface area (Å²) >= 11 is 0. The summed E-state index contributed by atoms with van der Waals surface area (Å²) in [6.07, 6.45) is 0.379. The van der Waals surface area contributed by atoms with Crippen molar-refractivity contribution in [3.05, 3.63) is 0 Å². The number of ether oxygens (including phenoxy) is 1. The van der Waals surface area contributed by atoms with E-state index in [2.05, 4.69) is 4.90 Å². The lowest BCUT2D eigenvalue weighted by atomic mass is 10.2. The van der Waals surface area contributed by atoms with E-state index in [-0.39, 0.29) is 37.2 Å². The van der Waals surface area contributed by atoms with Crippen LogP contribution in [0.15, 0.2) is 0 Å². The number of carbonyl (C=O) groups excluding carboxylic acids is 3. The minimum atomic E-state index is -0.814. The minimum absolute atomic E-state index is 0.0582. The first-order valence-corrected chi connectivity index (χ1v) is 6.85. The fraction of sp³-hybridized carbons (Fsp3) is 0.769. The molecule has 0 aromatic rings. The number of methoxy groups -OCH3 is 1. The number of nitrogens with zero attached hydrogens (tertiary/aromatic N) is 3. The second-order valence-corrected chi connectivity index (χ2v) is 5.26. The normalized spacial score (nSPS) is 22.5. The van der Waals surface area contributed by atoms with E-state index in [0.29, 0.717) is 13.1 Å². The summed E-state index contributed by atoms with van der Waals surface area (Å²) in [4.78, 5) is 41.1. The van der Waals surface area contributed by atoms with E-state index < -0.39 is 6.04 Å². The average Bonchev–Trinajstić information content (AvgIpc) is 2.76. The van der Waals surface area contributed by atoms with Crippen molar-refractivity contribution in [3.8, 4) is 0 Å². The summed E-state index contributed by atoms with van der Waals surface area (Å²) in [6.45, 7) is 2.89. The highest BCUT2D eigenvalue weighted by atomic mass is 16.5. The quantitative estimate of drug-likeness (QED) is 0.614. The lowest BCUT2D eigenvalue weighted by Gasteiger charge is -2.36. The van der Waals surface area contributed by atoms with Crippen molar-refractivity contribution in [3.63, 3.8) is 0 Å². The highest BCUT2D eigenvalue weighted by molar-refractivity contribution is 6.05. The molecule has 20 heavy (non-hydrogen) atoms. The molecule has 3 amide bonds. The Morgan fingerprint density at radius 3 is 2.20 bits per heavy atom. The molecule has 2 fully saturated rings. The van der Waals surface area contributed by atoms with Crippen molar-refractivity contribution in [2.24, 2.45) is 0 Å².